The Morgan fingerprint density at radius 1 is 1.21 bits per heavy atom. The van der Waals surface area contributed by atoms with Gasteiger partial charge in [0.05, 0.1) is 5.69 Å². The van der Waals surface area contributed by atoms with Crippen molar-refractivity contribution < 1.29 is 9.13 Å². The van der Waals surface area contributed by atoms with Crippen LogP contribution in [0.2, 0.25) is 0 Å². The number of fused-ring (bicyclic) bond motifs is 1. The van der Waals surface area contributed by atoms with Crippen molar-refractivity contribution in [2.24, 2.45) is 0 Å². The van der Waals surface area contributed by atoms with Crippen molar-refractivity contribution >= 4 is 5.78 Å². The summed E-state index contributed by atoms with van der Waals surface area (Å²) in [5.74, 6) is 0.305. The van der Waals surface area contributed by atoms with Crippen molar-refractivity contribution in [1.82, 2.24) is 19.6 Å². The normalized spacial score (nSPS) is 12.5. The van der Waals surface area contributed by atoms with Gasteiger partial charge in [-0.15, -0.1) is 0 Å². The predicted octanol–water partition coefficient (Wildman–Crippen LogP) is 2.40. The number of halogens is 1. The van der Waals surface area contributed by atoms with Gasteiger partial charge in [0, 0.05) is 6.20 Å². The van der Waals surface area contributed by atoms with Crippen LogP contribution in [0.4, 0.5) is 4.39 Å². The molecule has 96 valence electrons. The fourth-order valence-corrected chi connectivity index (χ4v) is 1.86. The molecule has 6 heteroatoms. The first-order valence-corrected chi connectivity index (χ1v) is 5.81. The van der Waals surface area contributed by atoms with Crippen molar-refractivity contribution in [1.29, 1.82) is 0 Å². The number of hydrogen-bond donors (Lipinski definition) is 0. The lowest BCUT2D eigenvalue weighted by Gasteiger charge is -2.15. The Morgan fingerprint density at radius 2 is 2.05 bits per heavy atom. The molecule has 0 aliphatic rings. The summed E-state index contributed by atoms with van der Waals surface area (Å²) in [6.45, 7) is 1.82. The van der Waals surface area contributed by atoms with Crippen LogP contribution in [-0.2, 0) is 0 Å². The van der Waals surface area contributed by atoms with Crippen LogP contribution in [0.25, 0.3) is 5.78 Å². The monoisotopic (exact) mass is 258 g/mol. The number of aromatic nitrogens is 4. The Hall–Kier alpha value is -2.50. The minimum atomic E-state index is -0.391. The first kappa shape index (κ1) is 11.6. The second-order valence-corrected chi connectivity index (χ2v) is 4.03. The van der Waals surface area contributed by atoms with E-state index >= 15 is 0 Å². The van der Waals surface area contributed by atoms with Crippen LogP contribution < -0.4 is 4.74 Å². The van der Waals surface area contributed by atoms with Gasteiger partial charge in [-0.05, 0) is 25.1 Å². The van der Waals surface area contributed by atoms with Gasteiger partial charge in [0.15, 0.2) is 11.6 Å². The molecule has 2 aromatic heterocycles. The van der Waals surface area contributed by atoms with Gasteiger partial charge in [0.25, 0.3) is 5.78 Å². The summed E-state index contributed by atoms with van der Waals surface area (Å²) < 4.78 is 20.7. The van der Waals surface area contributed by atoms with Crippen LogP contribution in [0.1, 0.15) is 18.7 Å². The van der Waals surface area contributed by atoms with Crippen molar-refractivity contribution in [2.45, 2.75) is 13.0 Å². The van der Waals surface area contributed by atoms with Gasteiger partial charge < -0.3 is 4.74 Å². The molecule has 19 heavy (non-hydrogen) atoms. The molecule has 1 atom stereocenters. The Morgan fingerprint density at radius 3 is 2.89 bits per heavy atom. The molecule has 1 unspecified atom stereocenters. The molecule has 0 saturated heterocycles. The quantitative estimate of drug-likeness (QED) is 0.724. The first-order valence-electron chi connectivity index (χ1n) is 5.81. The van der Waals surface area contributed by atoms with E-state index in [0.717, 1.165) is 5.69 Å². The lowest BCUT2D eigenvalue weighted by molar-refractivity contribution is 0.209. The van der Waals surface area contributed by atoms with Gasteiger partial charge >= 0.3 is 0 Å². The molecule has 2 heterocycles. The number of benzene rings is 1. The van der Waals surface area contributed by atoms with Crippen molar-refractivity contribution in [2.75, 3.05) is 0 Å². The fraction of sp³-hybridized carbons (Fsp3) is 0.154. The third-order valence-corrected chi connectivity index (χ3v) is 2.77. The summed E-state index contributed by atoms with van der Waals surface area (Å²) in [7, 11) is 0. The number of rotatable bonds is 3. The highest BCUT2D eigenvalue weighted by Crippen LogP contribution is 2.23. The van der Waals surface area contributed by atoms with E-state index in [-0.39, 0.29) is 11.9 Å². The van der Waals surface area contributed by atoms with Gasteiger partial charge in [-0.2, -0.15) is 14.6 Å². The van der Waals surface area contributed by atoms with E-state index < -0.39 is 5.82 Å². The molecule has 1 aromatic carbocycles. The third-order valence-electron chi connectivity index (χ3n) is 2.77. The summed E-state index contributed by atoms with van der Waals surface area (Å²) in [6.07, 6.45) is 2.67. The number of nitrogens with zero attached hydrogens (tertiary/aromatic N) is 4. The van der Waals surface area contributed by atoms with E-state index in [1.165, 1.54) is 12.4 Å². The topological polar surface area (TPSA) is 52.3 Å². The number of ether oxygens (including phenoxy) is 1. The second-order valence-electron chi connectivity index (χ2n) is 4.03. The number of hydrogen-bond acceptors (Lipinski definition) is 4. The van der Waals surface area contributed by atoms with Crippen LogP contribution in [0.3, 0.4) is 0 Å². The standard InChI is InChI=1S/C13H11FN4O/c1-9(19-12-5-3-2-4-10(12)14)11-6-7-15-13-16-8-17-18(11)13/h2-9H,1H3. The zero-order chi connectivity index (χ0) is 13.2. The molecular weight excluding hydrogens is 247 g/mol. The highest BCUT2D eigenvalue weighted by atomic mass is 19.1. The zero-order valence-corrected chi connectivity index (χ0v) is 10.2. The van der Waals surface area contributed by atoms with Crippen LogP contribution in [0.5, 0.6) is 5.75 Å². The van der Waals surface area contributed by atoms with Gasteiger partial charge in [-0.1, -0.05) is 12.1 Å². The molecule has 0 N–H and O–H groups in total. The van der Waals surface area contributed by atoms with Gasteiger partial charge in [-0.25, -0.2) is 9.37 Å². The van der Waals surface area contributed by atoms with Gasteiger partial charge in [0.2, 0.25) is 0 Å². The van der Waals surface area contributed by atoms with E-state index in [9.17, 15) is 4.39 Å². The molecule has 0 radical (unpaired) electrons. The summed E-state index contributed by atoms with van der Waals surface area (Å²) in [5, 5.41) is 4.07. The molecule has 0 aliphatic heterocycles. The van der Waals surface area contributed by atoms with Gasteiger partial charge in [-0.3, -0.25) is 0 Å². The van der Waals surface area contributed by atoms with E-state index in [4.69, 9.17) is 4.74 Å². The van der Waals surface area contributed by atoms with Crippen molar-refractivity contribution in [3.8, 4) is 5.75 Å². The summed E-state index contributed by atoms with van der Waals surface area (Å²) in [5.41, 5.74) is 0.755. The Bertz CT molecular complexity index is 712. The fourth-order valence-electron chi connectivity index (χ4n) is 1.86. The maximum Gasteiger partial charge on any atom is 0.252 e. The Kier molecular flexibility index (Phi) is 2.83. The average Bonchev–Trinajstić information content (AvgIpc) is 2.89. The zero-order valence-electron chi connectivity index (χ0n) is 10.2. The molecule has 0 aliphatic carbocycles. The van der Waals surface area contributed by atoms with Crippen LogP contribution >= 0.6 is 0 Å². The van der Waals surface area contributed by atoms with Crippen LogP contribution in [0.15, 0.2) is 42.9 Å². The van der Waals surface area contributed by atoms with E-state index in [2.05, 4.69) is 15.1 Å². The maximum atomic E-state index is 13.5. The highest BCUT2D eigenvalue weighted by molar-refractivity contribution is 5.29. The smallest absolute Gasteiger partial charge is 0.252 e. The molecule has 0 bridgehead atoms. The predicted molar refractivity (Wildman–Crippen MR) is 66.2 cm³/mol. The lowest BCUT2D eigenvalue weighted by atomic mass is 10.2. The third kappa shape index (κ3) is 2.12. The summed E-state index contributed by atoms with van der Waals surface area (Å²) >= 11 is 0. The largest absolute Gasteiger partial charge is 0.481 e. The second kappa shape index (κ2) is 4.64. The molecule has 0 fully saturated rings. The molecule has 0 spiro atoms. The summed E-state index contributed by atoms with van der Waals surface area (Å²) in [4.78, 5) is 8.07. The van der Waals surface area contributed by atoms with E-state index in [0.29, 0.717) is 5.78 Å². The number of para-hydroxylation sites is 1. The molecule has 0 amide bonds. The van der Waals surface area contributed by atoms with Crippen molar-refractivity contribution in [3.63, 3.8) is 0 Å². The Balaban J connectivity index is 1.94. The molecule has 3 rings (SSSR count). The van der Waals surface area contributed by atoms with Crippen LogP contribution in [0, 0.1) is 5.82 Å². The lowest BCUT2D eigenvalue weighted by Crippen LogP contribution is -2.10. The van der Waals surface area contributed by atoms with Gasteiger partial charge in [0.1, 0.15) is 12.4 Å². The van der Waals surface area contributed by atoms with E-state index in [1.807, 2.05) is 6.92 Å². The molecule has 5 nitrogen and oxygen atoms in total. The Labute approximate surface area is 108 Å². The van der Waals surface area contributed by atoms with Crippen LogP contribution in [-0.4, -0.2) is 19.6 Å². The first-order chi connectivity index (χ1) is 9.25. The van der Waals surface area contributed by atoms with E-state index in [1.54, 1.807) is 35.0 Å². The summed E-state index contributed by atoms with van der Waals surface area (Å²) in [6, 6.07) is 8.07. The average molecular weight is 258 g/mol. The molecule has 0 saturated carbocycles. The molecule has 3 aromatic rings. The minimum Gasteiger partial charge on any atom is -0.481 e. The SMILES string of the molecule is CC(Oc1ccccc1F)c1ccnc2ncnn12. The molecular formula is C13H11FN4O. The maximum absolute atomic E-state index is 13.5. The minimum absolute atomic E-state index is 0.208. The van der Waals surface area contributed by atoms with Crippen molar-refractivity contribution in [3.05, 3.63) is 54.4 Å². The highest BCUT2D eigenvalue weighted by Gasteiger charge is 2.14.